The molecule has 3 nitrogen and oxygen atoms in total. The molecule has 1 heterocycles. The van der Waals surface area contributed by atoms with Crippen molar-refractivity contribution in [2.75, 3.05) is 13.1 Å². The molecule has 2 bridgehead atoms. The number of nitrogens with two attached hydrogens (primary N) is 1. The van der Waals surface area contributed by atoms with E-state index in [0.717, 1.165) is 32.1 Å². The van der Waals surface area contributed by atoms with Crippen molar-refractivity contribution < 1.29 is 9.18 Å². The first kappa shape index (κ1) is 10.5. The van der Waals surface area contributed by atoms with Gasteiger partial charge in [0.1, 0.15) is 6.17 Å². The van der Waals surface area contributed by atoms with Gasteiger partial charge in [-0.15, -0.1) is 0 Å². The Morgan fingerprint density at radius 3 is 2.44 bits per heavy atom. The van der Waals surface area contributed by atoms with E-state index in [1.54, 1.807) is 4.90 Å². The second-order valence-corrected chi connectivity index (χ2v) is 5.96. The standard InChI is InChI=1S/C12H19FN2O/c13-9-1-6-15(7-9)10(16)11-2-4-12(14,8-11)5-3-11/h9H,1-8,14H2/t9-,11?,12?/m1/s1. The lowest BCUT2D eigenvalue weighted by atomic mass is 9.82. The predicted octanol–water partition coefficient (Wildman–Crippen LogP) is 1.22. The highest BCUT2D eigenvalue weighted by atomic mass is 19.1. The first-order chi connectivity index (χ1) is 7.53. The molecule has 3 rings (SSSR count). The Kier molecular flexibility index (Phi) is 2.09. The maximum atomic E-state index is 13.1. The van der Waals surface area contributed by atoms with Gasteiger partial charge in [-0.2, -0.15) is 0 Å². The van der Waals surface area contributed by atoms with Gasteiger partial charge in [0.25, 0.3) is 0 Å². The van der Waals surface area contributed by atoms with Gasteiger partial charge in [0.15, 0.2) is 0 Å². The molecule has 90 valence electrons. The molecular formula is C12H19FN2O. The number of rotatable bonds is 1. The summed E-state index contributed by atoms with van der Waals surface area (Å²) >= 11 is 0. The molecule has 4 heteroatoms. The molecule has 2 saturated carbocycles. The molecule has 3 aliphatic rings. The van der Waals surface area contributed by atoms with E-state index in [4.69, 9.17) is 5.73 Å². The molecule has 3 fully saturated rings. The Morgan fingerprint density at radius 1 is 1.31 bits per heavy atom. The minimum Gasteiger partial charge on any atom is -0.339 e. The van der Waals surface area contributed by atoms with Crippen molar-refractivity contribution in [3.05, 3.63) is 0 Å². The summed E-state index contributed by atoms with van der Waals surface area (Å²) in [6.07, 6.45) is 4.27. The third-order valence-corrected chi connectivity index (χ3v) is 4.76. The average molecular weight is 226 g/mol. The van der Waals surface area contributed by atoms with Crippen LogP contribution in [-0.4, -0.2) is 35.6 Å². The van der Waals surface area contributed by atoms with Gasteiger partial charge in [-0.05, 0) is 38.5 Å². The molecule has 0 aromatic rings. The number of fused-ring (bicyclic) bond motifs is 2. The summed E-state index contributed by atoms with van der Waals surface area (Å²) in [5, 5.41) is 0. The number of halogens is 1. The lowest BCUT2D eigenvalue weighted by Gasteiger charge is -2.30. The first-order valence-corrected chi connectivity index (χ1v) is 6.25. The second-order valence-electron chi connectivity index (χ2n) is 5.96. The van der Waals surface area contributed by atoms with E-state index in [9.17, 15) is 9.18 Å². The zero-order chi connectivity index (χ0) is 11.4. The van der Waals surface area contributed by atoms with Gasteiger partial charge in [0.05, 0.1) is 12.0 Å². The maximum absolute atomic E-state index is 13.1. The van der Waals surface area contributed by atoms with Crippen molar-refractivity contribution >= 4 is 5.91 Å². The fourth-order valence-corrected chi connectivity index (χ4v) is 3.78. The molecule has 1 amide bonds. The second kappa shape index (κ2) is 3.19. The van der Waals surface area contributed by atoms with Gasteiger partial charge in [0.2, 0.25) is 5.91 Å². The number of hydrogen-bond acceptors (Lipinski definition) is 2. The molecule has 0 unspecified atom stereocenters. The summed E-state index contributed by atoms with van der Waals surface area (Å²) < 4.78 is 13.1. The Bertz CT molecular complexity index is 323. The molecule has 0 aromatic heterocycles. The van der Waals surface area contributed by atoms with Crippen LogP contribution in [0.5, 0.6) is 0 Å². The van der Waals surface area contributed by atoms with Gasteiger partial charge in [-0.25, -0.2) is 4.39 Å². The number of carbonyl (C=O) groups is 1. The molecular weight excluding hydrogens is 207 g/mol. The number of carbonyl (C=O) groups excluding carboxylic acids is 1. The highest BCUT2D eigenvalue weighted by molar-refractivity contribution is 5.84. The van der Waals surface area contributed by atoms with E-state index in [1.807, 2.05) is 0 Å². The van der Waals surface area contributed by atoms with E-state index in [0.29, 0.717) is 19.5 Å². The quantitative estimate of drug-likeness (QED) is 0.730. The molecule has 2 N–H and O–H groups in total. The molecule has 2 aliphatic carbocycles. The van der Waals surface area contributed by atoms with Crippen molar-refractivity contribution in [1.29, 1.82) is 0 Å². The molecule has 1 saturated heterocycles. The first-order valence-electron chi connectivity index (χ1n) is 6.25. The normalized spacial score (nSPS) is 46.6. The van der Waals surface area contributed by atoms with Gasteiger partial charge >= 0.3 is 0 Å². The Hall–Kier alpha value is -0.640. The zero-order valence-electron chi connectivity index (χ0n) is 9.54. The zero-order valence-corrected chi connectivity index (χ0v) is 9.54. The van der Waals surface area contributed by atoms with Crippen LogP contribution in [-0.2, 0) is 4.79 Å². The average Bonchev–Trinajstić information content (AvgIpc) is 2.90. The van der Waals surface area contributed by atoms with Crippen LogP contribution in [0, 0.1) is 5.41 Å². The minimum atomic E-state index is -0.814. The fourth-order valence-electron chi connectivity index (χ4n) is 3.78. The van der Waals surface area contributed by atoms with Crippen molar-refractivity contribution in [2.45, 2.75) is 50.2 Å². The van der Waals surface area contributed by atoms with Crippen LogP contribution in [0.1, 0.15) is 38.5 Å². The van der Waals surface area contributed by atoms with Crippen molar-refractivity contribution in [3.63, 3.8) is 0 Å². The molecule has 0 spiro atoms. The lowest BCUT2D eigenvalue weighted by molar-refractivity contribution is -0.140. The van der Waals surface area contributed by atoms with Gasteiger partial charge in [-0.3, -0.25) is 4.79 Å². The van der Waals surface area contributed by atoms with Crippen LogP contribution in [0.25, 0.3) is 0 Å². The smallest absolute Gasteiger partial charge is 0.228 e. The number of hydrogen-bond donors (Lipinski definition) is 1. The Balaban J connectivity index is 1.76. The molecule has 1 atom stereocenters. The minimum absolute atomic E-state index is 0.0928. The third-order valence-electron chi connectivity index (χ3n) is 4.76. The summed E-state index contributed by atoms with van der Waals surface area (Å²) in [7, 11) is 0. The summed E-state index contributed by atoms with van der Waals surface area (Å²) in [6, 6.07) is 0. The van der Waals surface area contributed by atoms with Gasteiger partial charge < -0.3 is 10.6 Å². The predicted molar refractivity (Wildman–Crippen MR) is 58.5 cm³/mol. The summed E-state index contributed by atoms with van der Waals surface area (Å²) in [5.41, 5.74) is 5.89. The van der Waals surface area contributed by atoms with E-state index in [2.05, 4.69) is 0 Å². The van der Waals surface area contributed by atoms with Gasteiger partial charge in [0, 0.05) is 12.1 Å². The van der Waals surface area contributed by atoms with E-state index in [-0.39, 0.29) is 16.9 Å². The molecule has 1 aliphatic heterocycles. The van der Waals surface area contributed by atoms with E-state index in [1.165, 1.54) is 0 Å². The number of likely N-dealkylation sites (tertiary alicyclic amines) is 1. The summed E-state index contributed by atoms with van der Waals surface area (Å²) in [4.78, 5) is 14.1. The summed E-state index contributed by atoms with van der Waals surface area (Å²) in [6.45, 7) is 0.900. The fraction of sp³-hybridized carbons (Fsp3) is 0.917. The van der Waals surface area contributed by atoms with Crippen molar-refractivity contribution in [2.24, 2.45) is 11.1 Å². The van der Waals surface area contributed by atoms with Crippen molar-refractivity contribution in [1.82, 2.24) is 4.90 Å². The van der Waals surface area contributed by atoms with E-state index >= 15 is 0 Å². The lowest BCUT2D eigenvalue weighted by Crippen LogP contribution is -2.40. The number of amides is 1. The topological polar surface area (TPSA) is 46.3 Å². The van der Waals surface area contributed by atoms with Crippen LogP contribution >= 0.6 is 0 Å². The van der Waals surface area contributed by atoms with E-state index < -0.39 is 6.17 Å². The maximum Gasteiger partial charge on any atom is 0.228 e. The van der Waals surface area contributed by atoms with Crippen LogP contribution in [0.2, 0.25) is 0 Å². The SMILES string of the molecule is NC12CCC(C(=O)N3CC[C@@H](F)C3)(CC1)C2. The number of alkyl halides is 1. The van der Waals surface area contributed by atoms with Crippen LogP contribution in [0.15, 0.2) is 0 Å². The molecule has 0 radical (unpaired) electrons. The number of nitrogens with zero attached hydrogens (tertiary/aromatic N) is 1. The Labute approximate surface area is 95.2 Å². The van der Waals surface area contributed by atoms with Gasteiger partial charge in [-0.1, -0.05) is 0 Å². The highest BCUT2D eigenvalue weighted by Gasteiger charge is 2.57. The molecule has 16 heavy (non-hydrogen) atoms. The van der Waals surface area contributed by atoms with Crippen LogP contribution in [0.4, 0.5) is 4.39 Å². The Morgan fingerprint density at radius 2 is 2.00 bits per heavy atom. The molecule has 0 aromatic carbocycles. The van der Waals surface area contributed by atoms with Crippen LogP contribution in [0.3, 0.4) is 0 Å². The highest BCUT2D eigenvalue weighted by Crippen LogP contribution is 2.56. The van der Waals surface area contributed by atoms with Crippen molar-refractivity contribution in [3.8, 4) is 0 Å². The summed E-state index contributed by atoms with van der Waals surface area (Å²) in [5.74, 6) is 0.178. The third kappa shape index (κ3) is 1.39. The van der Waals surface area contributed by atoms with Crippen LogP contribution < -0.4 is 5.73 Å². The monoisotopic (exact) mass is 226 g/mol. The largest absolute Gasteiger partial charge is 0.339 e.